The number of amides is 4. The van der Waals surface area contributed by atoms with Gasteiger partial charge in [-0.3, -0.25) is 34.0 Å². The topological polar surface area (TPSA) is 101 Å². The second kappa shape index (κ2) is 12.1. The van der Waals surface area contributed by atoms with E-state index in [9.17, 15) is 19.2 Å². The van der Waals surface area contributed by atoms with E-state index in [2.05, 4.69) is 43.1 Å². The monoisotopic (exact) mass is 762 g/mol. The largest absolute Gasteiger partial charge is 0.402 e. The average Bonchev–Trinajstić information content (AvgIpc) is 3.73. The number of aryl methyl sites for hydroxylation is 3. The minimum Gasteiger partial charge on any atom is -0.277 e. The van der Waals surface area contributed by atoms with E-state index in [1.807, 2.05) is 30.5 Å². The fourth-order valence-corrected chi connectivity index (χ4v) is 8.82. The Bertz CT molecular complexity index is 2770. The summed E-state index contributed by atoms with van der Waals surface area (Å²) < 4.78 is 45.6. The average molecular weight is 763 g/mol. The zero-order valence-corrected chi connectivity index (χ0v) is 31.4. The number of rotatable bonds is 5. The standard InChI is InChI=1S/C46H33F3N4O4/c1-24-8-9-29(19-25(24)2)45(36-16-18-50-23-35(36)39-37(45)7-6-17-51-39)30-12-15-38(26(3)20-30)53-42(56)32-14-11-28(22-34(32)43(53)57)44(4,46(47,48)49)27-10-13-31-33(21-27)41(55)52(5)40(31)54/h6-23H,1-5H3. The lowest BCUT2D eigenvalue weighted by atomic mass is 9.67. The first-order valence-electron chi connectivity index (χ1n) is 18.3. The summed E-state index contributed by atoms with van der Waals surface area (Å²) >= 11 is 0. The molecule has 2 unspecified atom stereocenters. The molecule has 4 heterocycles. The zero-order valence-electron chi connectivity index (χ0n) is 31.4. The Kier molecular flexibility index (Phi) is 7.64. The van der Waals surface area contributed by atoms with E-state index in [1.54, 1.807) is 25.4 Å². The highest BCUT2D eigenvalue weighted by Gasteiger charge is 2.55. The van der Waals surface area contributed by atoms with E-state index in [-0.39, 0.29) is 33.4 Å². The highest BCUT2D eigenvalue weighted by molar-refractivity contribution is 6.34. The Hall–Kier alpha value is -6.75. The van der Waals surface area contributed by atoms with Crippen LogP contribution in [0.4, 0.5) is 18.9 Å². The van der Waals surface area contributed by atoms with Gasteiger partial charge in [0.2, 0.25) is 0 Å². The molecule has 4 aromatic carbocycles. The molecule has 0 fully saturated rings. The Morgan fingerprint density at radius 2 is 1.19 bits per heavy atom. The predicted molar refractivity (Wildman–Crippen MR) is 207 cm³/mol. The number of fused-ring (bicyclic) bond motifs is 5. The molecule has 11 heteroatoms. The summed E-state index contributed by atoms with van der Waals surface area (Å²) in [4.78, 5) is 64.6. The van der Waals surface area contributed by atoms with Crippen molar-refractivity contribution in [1.29, 1.82) is 0 Å². The second-order valence-corrected chi connectivity index (χ2v) is 15.1. The van der Waals surface area contributed by atoms with Crippen molar-refractivity contribution in [3.05, 3.63) is 182 Å². The summed E-state index contributed by atoms with van der Waals surface area (Å²) in [5, 5.41) is 0. The quantitative estimate of drug-likeness (QED) is 0.163. The molecule has 2 aliphatic heterocycles. The number of aromatic nitrogens is 2. The number of benzene rings is 4. The molecule has 0 radical (unpaired) electrons. The zero-order chi connectivity index (χ0) is 40.3. The number of imide groups is 2. The number of hydrogen-bond acceptors (Lipinski definition) is 6. The molecule has 57 heavy (non-hydrogen) atoms. The predicted octanol–water partition coefficient (Wildman–Crippen LogP) is 8.66. The Labute approximate surface area is 325 Å². The molecule has 0 saturated carbocycles. The summed E-state index contributed by atoms with van der Waals surface area (Å²) in [6, 6.07) is 24.9. The first kappa shape index (κ1) is 35.9. The van der Waals surface area contributed by atoms with Crippen LogP contribution in [-0.2, 0) is 10.8 Å². The van der Waals surface area contributed by atoms with Gasteiger partial charge >= 0.3 is 6.18 Å². The van der Waals surface area contributed by atoms with Crippen molar-refractivity contribution < 1.29 is 32.3 Å². The van der Waals surface area contributed by atoms with E-state index < -0.39 is 40.6 Å². The Balaban J connectivity index is 1.15. The van der Waals surface area contributed by atoms with Gasteiger partial charge in [0, 0.05) is 31.2 Å². The van der Waals surface area contributed by atoms with Crippen molar-refractivity contribution in [1.82, 2.24) is 14.9 Å². The lowest BCUT2D eigenvalue weighted by molar-refractivity contribution is -0.173. The molecule has 6 aromatic rings. The van der Waals surface area contributed by atoms with Gasteiger partial charge in [-0.15, -0.1) is 0 Å². The molecule has 2 atom stereocenters. The summed E-state index contributed by atoms with van der Waals surface area (Å²) in [6.45, 7) is 6.87. The van der Waals surface area contributed by atoms with Crippen LogP contribution in [0.5, 0.6) is 0 Å². The van der Waals surface area contributed by atoms with Crippen LogP contribution in [0.15, 0.2) is 110 Å². The van der Waals surface area contributed by atoms with Gasteiger partial charge in [0.15, 0.2) is 0 Å². The molecule has 2 aromatic heterocycles. The normalized spacial score (nSPS) is 18.1. The van der Waals surface area contributed by atoms with E-state index in [0.717, 1.165) is 73.5 Å². The number of nitrogens with zero attached hydrogens (tertiary/aromatic N) is 4. The van der Waals surface area contributed by atoms with Crippen molar-refractivity contribution in [2.75, 3.05) is 11.9 Å². The molecule has 9 rings (SSSR count). The number of pyridine rings is 2. The summed E-state index contributed by atoms with van der Waals surface area (Å²) in [5.74, 6) is -2.73. The van der Waals surface area contributed by atoms with Gasteiger partial charge in [0.05, 0.1) is 39.1 Å². The number of halogens is 3. The molecule has 4 amide bonds. The van der Waals surface area contributed by atoms with E-state index in [1.165, 1.54) is 31.3 Å². The maximum absolute atomic E-state index is 15.2. The molecular weight excluding hydrogens is 730 g/mol. The lowest BCUT2D eigenvalue weighted by Crippen LogP contribution is -2.41. The number of alkyl halides is 3. The van der Waals surface area contributed by atoms with Crippen LogP contribution in [-0.4, -0.2) is 51.7 Å². The van der Waals surface area contributed by atoms with Crippen LogP contribution >= 0.6 is 0 Å². The summed E-state index contributed by atoms with van der Waals surface area (Å²) in [5.41, 5.74) is 4.18. The number of hydrogen-bond donors (Lipinski definition) is 0. The Morgan fingerprint density at radius 1 is 0.596 bits per heavy atom. The highest BCUT2D eigenvalue weighted by atomic mass is 19.4. The maximum Gasteiger partial charge on any atom is 0.402 e. The maximum atomic E-state index is 15.2. The lowest BCUT2D eigenvalue weighted by Gasteiger charge is -2.34. The molecule has 1 aliphatic carbocycles. The number of anilines is 1. The summed E-state index contributed by atoms with van der Waals surface area (Å²) in [6.07, 6.45) is 0.409. The third-order valence-corrected chi connectivity index (χ3v) is 12.2. The molecule has 0 N–H and O–H groups in total. The van der Waals surface area contributed by atoms with Gasteiger partial charge in [0.25, 0.3) is 23.6 Å². The van der Waals surface area contributed by atoms with Gasteiger partial charge in [-0.25, -0.2) is 4.90 Å². The number of carbonyl (C=O) groups excluding carboxylic acids is 4. The molecule has 0 saturated heterocycles. The van der Waals surface area contributed by atoms with Crippen molar-refractivity contribution in [3.8, 4) is 11.3 Å². The van der Waals surface area contributed by atoms with Crippen LogP contribution < -0.4 is 4.90 Å². The first-order chi connectivity index (χ1) is 27.1. The molecule has 8 nitrogen and oxygen atoms in total. The fourth-order valence-electron chi connectivity index (χ4n) is 8.82. The Morgan fingerprint density at radius 3 is 1.84 bits per heavy atom. The highest BCUT2D eigenvalue weighted by Crippen LogP contribution is 2.56. The SMILES string of the molecule is Cc1ccc(C2(c3ccc(N4C(=O)c5ccc(C(C)(c6ccc7c(c6)C(=O)N(C)C7=O)C(F)(F)F)cc5C4=O)c(C)c3)c3ccncc3-c3ncccc32)cc1C. The smallest absolute Gasteiger partial charge is 0.277 e. The van der Waals surface area contributed by atoms with Gasteiger partial charge < -0.3 is 0 Å². The van der Waals surface area contributed by atoms with Crippen molar-refractivity contribution in [2.45, 2.75) is 44.7 Å². The van der Waals surface area contributed by atoms with Gasteiger partial charge in [-0.1, -0.05) is 48.5 Å². The van der Waals surface area contributed by atoms with Gasteiger partial charge in [-0.2, -0.15) is 13.2 Å². The molecule has 282 valence electrons. The van der Waals surface area contributed by atoms with Crippen molar-refractivity contribution in [3.63, 3.8) is 0 Å². The number of carbonyl (C=O) groups is 4. The summed E-state index contributed by atoms with van der Waals surface area (Å²) in [7, 11) is 1.27. The minimum atomic E-state index is -4.90. The first-order valence-corrected chi connectivity index (χ1v) is 18.3. The van der Waals surface area contributed by atoms with Crippen molar-refractivity contribution >= 4 is 29.3 Å². The third kappa shape index (κ3) is 4.74. The second-order valence-electron chi connectivity index (χ2n) is 15.1. The van der Waals surface area contributed by atoms with E-state index >= 15 is 13.2 Å². The van der Waals surface area contributed by atoms with E-state index in [4.69, 9.17) is 4.98 Å². The van der Waals surface area contributed by atoms with Crippen LogP contribution in [0.3, 0.4) is 0 Å². The van der Waals surface area contributed by atoms with Crippen LogP contribution in [0.25, 0.3) is 11.3 Å². The molecular formula is C46H33F3N4O4. The van der Waals surface area contributed by atoms with Gasteiger partial charge in [-0.05, 0) is 120 Å². The minimum absolute atomic E-state index is 0.0115. The van der Waals surface area contributed by atoms with Crippen molar-refractivity contribution in [2.24, 2.45) is 0 Å². The van der Waals surface area contributed by atoms with Crippen LogP contribution in [0, 0.1) is 20.8 Å². The van der Waals surface area contributed by atoms with E-state index in [0.29, 0.717) is 11.3 Å². The third-order valence-electron chi connectivity index (χ3n) is 12.2. The van der Waals surface area contributed by atoms with Gasteiger partial charge in [0.1, 0.15) is 5.41 Å². The molecule has 0 spiro atoms. The van der Waals surface area contributed by atoms with Crippen LogP contribution in [0.2, 0.25) is 0 Å². The fraction of sp³-hybridized carbons (Fsp3) is 0.174. The molecule has 3 aliphatic rings. The molecule has 0 bridgehead atoms. The van der Waals surface area contributed by atoms with Crippen LogP contribution in [0.1, 0.15) is 98.4 Å².